The minimum atomic E-state index is -0.331. The summed E-state index contributed by atoms with van der Waals surface area (Å²) in [6.07, 6.45) is 2.16. The van der Waals surface area contributed by atoms with Gasteiger partial charge in [-0.25, -0.2) is 9.78 Å². The molecule has 0 atom stereocenters. The summed E-state index contributed by atoms with van der Waals surface area (Å²) in [5.41, 5.74) is 0.420. The molecule has 4 nitrogen and oxygen atoms in total. The van der Waals surface area contributed by atoms with Crippen LogP contribution < -0.4 is 4.90 Å². The van der Waals surface area contributed by atoms with Crippen molar-refractivity contribution in [3.05, 3.63) is 11.1 Å². The summed E-state index contributed by atoms with van der Waals surface area (Å²) in [5.74, 6) is -0.331. The lowest BCUT2D eigenvalue weighted by atomic mass is 10.4. The Labute approximate surface area is 107 Å². The topological polar surface area (TPSA) is 42.4 Å². The number of aromatic nitrogens is 1. The van der Waals surface area contributed by atoms with Gasteiger partial charge >= 0.3 is 5.97 Å². The standard InChI is InChI=1S/C12H20N2O2S/c1-4-7-14(8-5-2)12-13-10(9-17-12)11(15)16-6-3/h9H,4-8H2,1-3H3. The molecule has 5 heteroatoms. The van der Waals surface area contributed by atoms with E-state index >= 15 is 0 Å². The van der Waals surface area contributed by atoms with Crippen LogP contribution in [0.15, 0.2) is 5.38 Å². The zero-order chi connectivity index (χ0) is 12.7. The Hall–Kier alpha value is -1.10. The monoisotopic (exact) mass is 256 g/mol. The molecule has 0 amide bonds. The summed E-state index contributed by atoms with van der Waals surface area (Å²) in [7, 11) is 0. The second kappa shape index (κ2) is 7.27. The maximum Gasteiger partial charge on any atom is 0.357 e. The second-order valence-electron chi connectivity index (χ2n) is 3.72. The predicted octanol–water partition coefficient (Wildman–Crippen LogP) is 2.95. The van der Waals surface area contributed by atoms with Crippen LogP contribution in [0.4, 0.5) is 5.13 Å². The number of hydrogen-bond acceptors (Lipinski definition) is 5. The van der Waals surface area contributed by atoms with E-state index in [1.807, 2.05) is 0 Å². The first-order chi connectivity index (χ1) is 8.22. The molecule has 0 bridgehead atoms. The van der Waals surface area contributed by atoms with Gasteiger partial charge in [0, 0.05) is 18.5 Å². The van der Waals surface area contributed by atoms with E-state index in [1.165, 1.54) is 11.3 Å². The lowest BCUT2D eigenvalue weighted by molar-refractivity contribution is 0.0520. The highest BCUT2D eigenvalue weighted by Gasteiger charge is 2.14. The van der Waals surface area contributed by atoms with Gasteiger partial charge in [0.05, 0.1) is 6.61 Å². The predicted molar refractivity (Wildman–Crippen MR) is 70.9 cm³/mol. The van der Waals surface area contributed by atoms with Crippen molar-refractivity contribution in [1.29, 1.82) is 0 Å². The van der Waals surface area contributed by atoms with Crippen molar-refractivity contribution in [2.24, 2.45) is 0 Å². The average molecular weight is 256 g/mol. The van der Waals surface area contributed by atoms with Crippen molar-refractivity contribution in [2.75, 3.05) is 24.6 Å². The lowest BCUT2D eigenvalue weighted by Gasteiger charge is -2.19. The molecule has 0 spiro atoms. The van der Waals surface area contributed by atoms with E-state index in [-0.39, 0.29) is 5.97 Å². The summed E-state index contributed by atoms with van der Waals surface area (Å²) < 4.78 is 4.93. The fraction of sp³-hybridized carbons (Fsp3) is 0.667. The fourth-order valence-electron chi connectivity index (χ4n) is 1.55. The van der Waals surface area contributed by atoms with Crippen LogP contribution in [0.5, 0.6) is 0 Å². The highest BCUT2D eigenvalue weighted by Crippen LogP contribution is 2.21. The number of rotatable bonds is 7. The normalized spacial score (nSPS) is 10.3. The van der Waals surface area contributed by atoms with Gasteiger partial charge in [0.1, 0.15) is 0 Å². The van der Waals surface area contributed by atoms with Crippen molar-refractivity contribution in [3.63, 3.8) is 0 Å². The molecule has 0 N–H and O–H groups in total. The summed E-state index contributed by atoms with van der Waals surface area (Å²) in [5, 5.41) is 2.68. The van der Waals surface area contributed by atoms with Crippen LogP contribution in [0, 0.1) is 0 Å². The number of thiazole rings is 1. The Kier molecular flexibility index (Phi) is 5.97. The molecule has 1 aromatic heterocycles. The Morgan fingerprint density at radius 2 is 2.00 bits per heavy atom. The van der Waals surface area contributed by atoms with Crippen LogP contribution in [0.3, 0.4) is 0 Å². The van der Waals surface area contributed by atoms with Crippen LogP contribution in [0.2, 0.25) is 0 Å². The summed E-state index contributed by atoms with van der Waals surface area (Å²) in [4.78, 5) is 18.1. The van der Waals surface area contributed by atoms with E-state index in [0.29, 0.717) is 12.3 Å². The van der Waals surface area contributed by atoms with Gasteiger partial charge < -0.3 is 9.64 Å². The number of hydrogen-bond donors (Lipinski definition) is 0. The van der Waals surface area contributed by atoms with Crippen molar-refractivity contribution < 1.29 is 9.53 Å². The third kappa shape index (κ3) is 4.00. The van der Waals surface area contributed by atoms with Crippen molar-refractivity contribution in [2.45, 2.75) is 33.6 Å². The molecular formula is C12H20N2O2S. The van der Waals surface area contributed by atoms with Gasteiger partial charge in [-0.2, -0.15) is 0 Å². The SMILES string of the molecule is CCCN(CCC)c1nc(C(=O)OCC)cs1. The van der Waals surface area contributed by atoms with Gasteiger partial charge in [0.25, 0.3) is 0 Å². The number of carbonyl (C=O) groups excluding carboxylic acids is 1. The smallest absolute Gasteiger partial charge is 0.357 e. The Morgan fingerprint density at radius 1 is 1.35 bits per heavy atom. The van der Waals surface area contributed by atoms with E-state index < -0.39 is 0 Å². The molecule has 1 rings (SSSR count). The molecule has 0 aliphatic heterocycles. The summed E-state index contributed by atoms with van der Waals surface area (Å²) in [6, 6.07) is 0. The zero-order valence-electron chi connectivity index (χ0n) is 10.7. The van der Waals surface area contributed by atoms with Crippen molar-refractivity contribution in [3.8, 4) is 0 Å². The van der Waals surface area contributed by atoms with Gasteiger partial charge in [-0.15, -0.1) is 11.3 Å². The van der Waals surface area contributed by atoms with Crippen molar-refractivity contribution in [1.82, 2.24) is 4.98 Å². The number of carbonyl (C=O) groups is 1. The molecule has 96 valence electrons. The minimum absolute atomic E-state index is 0.331. The number of nitrogens with zero attached hydrogens (tertiary/aromatic N) is 2. The van der Waals surface area contributed by atoms with Gasteiger partial charge in [-0.05, 0) is 19.8 Å². The Bertz CT molecular complexity index is 346. The molecule has 0 aliphatic rings. The Morgan fingerprint density at radius 3 is 2.53 bits per heavy atom. The van der Waals surface area contributed by atoms with E-state index in [2.05, 4.69) is 23.7 Å². The van der Waals surface area contributed by atoms with Crippen LogP contribution in [0.25, 0.3) is 0 Å². The third-order valence-corrected chi connectivity index (χ3v) is 3.14. The Balaban J connectivity index is 2.73. The van der Waals surface area contributed by atoms with E-state index in [0.717, 1.165) is 31.1 Å². The van der Waals surface area contributed by atoms with Crippen LogP contribution in [-0.4, -0.2) is 30.6 Å². The maximum atomic E-state index is 11.5. The largest absolute Gasteiger partial charge is 0.461 e. The third-order valence-electron chi connectivity index (χ3n) is 2.23. The van der Waals surface area contributed by atoms with Crippen LogP contribution in [0.1, 0.15) is 44.1 Å². The highest BCUT2D eigenvalue weighted by atomic mass is 32.1. The fourth-order valence-corrected chi connectivity index (χ4v) is 2.40. The van der Waals surface area contributed by atoms with Gasteiger partial charge in [0.15, 0.2) is 10.8 Å². The molecule has 0 aromatic carbocycles. The number of ether oxygens (including phenoxy) is 1. The minimum Gasteiger partial charge on any atom is -0.461 e. The summed E-state index contributed by atoms with van der Waals surface area (Å²) >= 11 is 1.51. The van der Waals surface area contributed by atoms with Gasteiger partial charge in [0.2, 0.25) is 0 Å². The van der Waals surface area contributed by atoms with Crippen molar-refractivity contribution >= 4 is 22.4 Å². The molecule has 0 unspecified atom stereocenters. The molecule has 0 saturated carbocycles. The van der Waals surface area contributed by atoms with E-state index in [1.54, 1.807) is 12.3 Å². The lowest BCUT2D eigenvalue weighted by Crippen LogP contribution is -2.24. The first-order valence-corrected chi connectivity index (χ1v) is 6.98. The number of esters is 1. The second-order valence-corrected chi connectivity index (χ2v) is 4.56. The molecule has 1 heterocycles. The first-order valence-electron chi connectivity index (χ1n) is 6.10. The maximum absolute atomic E-state index is 11.5. The molecule has 1 aromatic rings. The molecule has 0 radical (unpaired) electrons. The zero-order valence-corrected chi connectivity index (χ0v) is 11.5. The average Bonchev–Trinajstić information content (AvgIpc) is 2.78. The highest BCUT2D eigenvalue weighted by molar-refractivity contribution is 7.13. The molecule has 0 saturated heterocycles. The summed E-state index contributed by atoms with van der Waals surface area (Å²) in [6.45, 7) is 8.42. The molecule has 17 heavy (non-hydrogen) atoms. The molecule has 0 aliphatic carbocycles. The van der Waals surface area contributed by atoms with Gasteiger partial charge in [-0.3, -0.25) is 0 Å². The van der Waals surface area contributed by atoms with Gasteiger partial charge in [-0.1, -0.05) is 13.8 Å². The molecular weight excluding hydrogens is 236 g/mol. The number of anilines is 1. The van der Waals surface area contributed by atoms with Crippen LogP contribution in [-0.2, 0) is 4.74 Å². The van der Waals surface area contributed by atoms with E-state index in [9.17, 15) is 4.79 Å². The first kappa shape index (κ1) is 14.0. The van der Waals surface area contributed by atoms with Crippen LogP contribution >= 0.6 is 11.3 Å². The van der Waals surface area contributed by atoms with E-state index in [4.69, 9.17) is 4.74 Å². The quantitative estimate of drug-likeness (QED) is 0.703. The molecule has 0 fully saturated rings.